The number of nitrogens with one attached hydrogen (secondary N) is 1. The number of nitriles is 1. The van der Waals surface area contributed by atoms with Crippen LogP contribution in [0.1, 0.15) is 24.1 Å². The summed E-state index contributed by atoms with van der Waals surface area (Å²) in [7, 11) is 0. The number of anilines is 3. The lowest BCUT2D eigenvalue weighted by atomic mass is 10.1. The van der Waals surface area contributed by atoms with Crippen LogP contribution in [0.4, 0.5) is 17.1 Å². The van der Waals surface area contributed by atoms with Crippen LogP contribution in [-0.4, -0.2) is 29.3 Å². The second-order valence-corrected chi connectivity index (χ2v) is 7.00. The van der Waals surface area contributed by atoms with Crippen molar-refractivity contribution in [3.05, 3.63) is 59.8 Å². The molecule has 0 unspecified atom stereocenters. The Kier molecular flexibility index (Phi) is 4.66. The molecule has 1 saturated heterocycles. The van der Waals surface area contributed by atoms with Gasteiger partial charge < -0.3 is 15.3 Å². The maximum absolute atomic E-state index is 9.70. The average molecular weight is 358 g/mol. The van der Waals surface area contributed by atoms with Crippen molar-refractivity contribution < 1.29 is 5.11 Å². The first-order valence-electron chi connectivity index (χ1n) is 9.24. The van der Waals surface area contributed by atoms with Crippen molar-refractivity contribution in [1.82, 2.24) is 4.98 Å². The fourth-order valence-electron chi connectivity index (χ4n) is 3.79. The van der Waals surface area contributed by atoms with Gasteiger partial charge in [0.15, 0.2) is 0 Å². The standard InChI is InChI=1S/C22H22N4O/c1-15-11-22(26-10-2-3-19(26)14-27)20-9-8-18(12-21(20)24-15)25-17-6-4-16(13-23)5-7-17/h4-9,11-12,19,25,27H,2-3,10,14H2,1H3/t19-/m0/s1. The van der Waals surface area contributed by atoms with E-state index in [0.29, 0.717) is 5.56 Å². The van der Waals surface area contributed by atoms with E-state index in [1.807, 2.05) is 31.2 Å². The van der Waals surface area contributed by atoms with Gasteiger partial charge in [-0.2, -0.15) is 5.26 Å². The molecule has 0 spiro atoms. The first-order valence-corrected chi connectivity index (χ1v) is 9.24. The van der Waals surface area contributed by atoms with Gasteiger partial charge in [0, 0.05) is 34.7 Å². The maximum atomic E-state index is 9.70. The Morgan fingerprint density at radius 3 is 2.70 bits per heavy atom. The zero-order valence-electron chi connectivity index (χ0n) is 15.3. The molecule has 0 bridgehead atoms. The van der Waals surface area contributed by atoms with Crippen LogP contribution in [0.5, 0.6) is 0 Å². The van der Waals surface area contributed by atoms with Crippen LogP contribution >= 0.6 is 0 Å². The predicted molar refractivity (Wildman–Crippen MR) is 108 cm³/mol. The zero-order valence-corrected chi connectivity index (χ0v) is 15.3. The number of rotatable bonds is 4. The summed E-state index contributed by atoms with van der Waals surface area (Å²) in [5.41, 5.74) is 5.59. The van der Waals surface area contributed by atoms with Gasteiger partial charge in [0.2, 0.25) is 0 Å². The number of aliphatic hydroxyl groups is 1. The van der Waals surface area contributed by atoms with Crippen LogP contribution in [0, 0.1) is 18.3 Å². The largest absolute Gasteiger partial charge is 0.394 e. The van der Waals surface area contributed by atoms with Gasteiger partial charge in [-0.25, -0.2) is 0 Å². The minimum atomic E-state index is 0.182. The van der Waals surface area contributed by atoms with Crippen molar-refractivity contribution in [2.45, 2.75) is 25.8 Å². The molecule has 5 nitrogen and oxygen atoms in total. The highest BCUT2D eigenvalue weighted by Gasteiger charge is 2.25. The second kappa shape index (κ2) is 7.26. The van der Waals surface area contributed by atoms with Crippen LogP contribution in [0.15, 0.2) is 48.5 Å². The topological polar surface area (TPSA) is 72.2 Å². The van der Waals surface area contributed by atoms with Crippen molar-refractivity contribution in [3.8, 4) is 6.07 Å². The Morgan fingerprint density at radius 1 is 1.19 bits per heavy atom. The van der Waals surface area contributed by atoms with E-state index in [1.54, 1.807) is 12.1 Å². The van der Waals surface area contributed by atoms with Gasteiger partial charge in [0.1, 0.15) is 0 Å². The van der Waals surface area contributed by atoms with E-state index in [1.165, 1.54) is 0 Å². The third-order valence-corrected chi connectivity index (χ3v) is 5.12. The van der Waals surface area contributed by atoms with E-state index in [0.717, 1.165) is 53.0 Å². The van der Waals surface area contributed by atoms with E-state index in [9.17, 15) is 5.11 Å². The highest BCUT2D eigenvalue weighted by atomic mass is 16.3. The number of pyridine rings is 1. The minimum Gasteiger partial charge on any atom is -0.394 e. The van der Waals surface area contributed by atoms with Gasteiger partial charge in [-0.3, -0.25) is 4.98 Å². The van der Waals surface area contributed by atoms with Gasteiger partial charge in [0.05, 0.1) is 29.8 Å². The van der Waals surface area contributed by atoms with Crippen LogP contribution in [-0.2, 0) is 0 Å². The summed E-state index contributed by atoms with van der Waals surface area (Å²) < 4.78 is 0. The average Bonchev–Trinajstić information content (AvgIpc) is 3.16. The molecule has 3 aromatic rings. The summed E-state index contributed by atoms with van der Waals surface area (Å²) in [6, 6.07) is 18.0. The summed E-state index contributed by atoms with van der Waals surface area (Å²) in [5, 5.41) is 23.1. The molecule has 0 amide bonds. The Balaban J connectivity index is 1.69. The summed E-state index contributed by atoms with van der Waals surface area (Å²) >= 11 is 0. The van der Waals surface area contributed by atoms with E-state index < -0.39 is 0 Å². The fourth-order valence-corrected chi connectivity index (χ4v) is 3.79. The monoisotopic (exact) mass is 358 g/mol. The van der Waals surface area contributed by atoms with Crippen LogP contribution in [0.3, 0.4) is 0 Å². The van der Waals surface area contributed by atoms with Crippen molar-refractivity contribution in [2.24, 2.45) is 0 Å². The first kappa shape index (κ1) is 17.3. The fraction of sp³-hybridized carbons (Fsp3) is 0.273. The lowest BCUT2D eigenvalue weighted by Gasteiger charge is -2.27. The van der Waals surface area contributed by atoms with Gasteiger partial charge >= 0.3 is 0 Å². The van der Waals surface area contributed by atoms with Gasteiger partial charge in [-0.15, -0.1) is 0 Å². The molecule has 1 atom stereocenters. The van der Waals surface area contributed by atoms with Gasteiger partial charge in [-0.05, 0) is 68.3 Å². The second-order valence-electron chi connectivity index (χ2n) is 7.00. The van der Waals surface area contributed by atoms with E-state index in [-0.39, 0.29) is 12.6 Å². The molecule has 2 aromatic carbocycles. The summed E-state index contributed by atoms with van der Waals surface area (Å²) in [6.07, 6.45) is 2.13. The molecular weight excluding hydrogens is 336 g/mol. The Morgan fingerprint density at radius 2 is 1.96 bits per heavy atom. The molecular formula is C22H22N4O. The number of fused-ring (bicyclic) bond motifs is 1. The molecule has 1 aromatic heterocycles. The molecule has 0 radical (unpaired) electrons. The molecule has 4 rings (SSSR count). The molecule has 1 aliphatic heterocycles. The summed E-state index contributed by atoms with van der Waals surface area (Å²) in [4.78, 5) is 7.03. The molecule has 2 heterocycles. The molecule has 136 valence electrons. The number of aliphatic hydroxyl groups excluding tert-OH is 1. The molecule has 1 fully saturated rings. The summed E-state index contributed by atoms with van der Waals surface area (Å²) in [6.45, 7) is 3.16. The number of hydrogen-bond donors (Lipinski definition) is 2. The van der Waals surface area contributed by atoms with Gasteiger partial charge in [-0.1, -0.05) is 0 Å². The maximum Gasteiger partial charge on any atom is 0.0991 e. The van der Waals surface area contributed by atoms with Crippen molar-refractivity contribution in [1.29, 1.82) is 5.26 Å². The SMILES string of the molecule is Cc1cc(N2CCC[C@H]2CO)c2ccc(Nc3ccc(C#N)cc3)cc2n1. The number of nitrogens with zero attached hydrogens (tertiary/aromatic N) is 3. The smallest absolute Gasteiger partial charge is 0.0991 e. The lowest BCUT2D eigenvalue weighted by Crippen LogP contribution is -2.32. The Hall–Kier alpha value is -3.10. The number of aryl methyl sites for hydroxylation is 1. The van der Waals surface area contributed by atoms with Crippen LogP contribution in [0.25, 0.3) is 10.9 Å². The summed E-state index contributed by atoms with van der Waals surface area (Å²) in [5.74, 6) is 0. The van der Waals surface area contributed by atoms with Crippen molar-refractivity contribution in [2.75, 3.05) is 23.4 Å². The Bertz CT molecular complexity index is 1010. The Labute approximate surface area is 158 Å². The molecule has 27 heavy (non-hydrogen) atoms. The normalized spacial score (nSPS) is 16.5. The van der Waals surface area contributed by atoms with Crippen molar-refractivity contribution in [3.63, 3.8) is 0 Å². The highest BCUT2D eigenvalue weighted by molar-refractivity contribution is 5.94. The molecule has 5 heteroatoms. The van der Waals surface area contributed by atoms with E-state index in [4.69, 9.17) is 10.2 Å². The molecule has 2 N–H and O–H groups in total. The van der Waals surface area contributed by atoms with Crippen LogP contribution < -0.4 is 10.2 Å². The van der Waals surface area contributed by atoms with E-state index >= 15 is 0 Å². The first-order chi connectivity index (χ1) is 13.2. The zero-order chi connectivity index (χ0) is 18.8. The lowest BCUT2D eigenvalue weighted by molar-refractivity contribution is 0.266. The third kappa shape index (κ3) is 3.44. The predicted octanol–water partition coefficient (Wildman–Crippen LogP) is 4.12. The van der Waals surface area contributed by atoms with Crippen LogP contribution in [0.2, 0.25) is 0 Å². The number of aromatic nitrogens is 1. The number of benzene rings is 2. The molecule has 0 aliphatic carbocycles. The quantitative estimate of drug-likeness (QED) is 0.734. The van der Waals surface area contributed by atoms with Crippen molar-refractivity contribution >= 4 is 28.0 Å². The molecule has 0 saturated carbocycles. The number of hydrogen-bond acceptors (Lipinski definition) is 5. The molecule has 1 aliphatic rings. The van der Waals surface area contributed by atoms with Gasteiger partial charge in [0.25, 0.3) is 0 Å². The third-order valence-electron chi connectivity index (χ3n) is 5.12. The minimum absolute atomic E-state index is 0.182. The van der Waals surface area contributed by atoms with E-state index in [2.05, 4.69) is 28.4 Å². The highest BCUT2D eigenvalue weighted by Crippen LogP contribution is 2.33.